The maximum absolute atomic E-state index is 12.2. The lowest BCUT2D eigenvalue weighted by molar-refractivity contribution is -0.114. The first-order valence-electron chi connectivity index (χ1n) is 8.53. The van der Waals surface area contributed by atoms with Crippen molar-refractivity contribution >= 4 is 29.0 Å². The Bertz CT molecular complexity index is 924. The molecule has 6 heteroatoms. The fourth-order valence-corrected chi connectivity index (χ4v) is 2.51. The van der Waals surface area contributed by atoms with Crippen LogP contribution in [0.15, 0.2) is 72.9 Å². The van der Waals surface area contributed by atoms with E-state index >= 15 is 0 Å². The van der Waals surface area contributed by atoms with Crippen molar-refractivity contribution in [2.45, 2.75) is 13.5 Å². The van der Waals surface area contributed by atoms with Crippen molar-refractivity contribution in [3.05, 3.63) is 84.1 Å². The molecule has 136 valence electrons. The van der Waals surface area contributed by atoms with Crippen LogP contribution in [0.4, 0.5) is 17.2 Å². The number of carbonyl (C=O) groups excluding carboxylic acids is 2. The van der Waals surface area contributed by atoms with Gasteiger partial charge in [-0.3, -0.25) is 9.59 Å². The zero-order valence-corrected chi connectivity index (χ0v) is 14.9. The second-order valence-corrected chi connectivity index (χ2v) is 5.99. The third-order valence-electron chi connectivity index (χ3n) is 3.78. The molecule has 0 aliphatic carbocycles. The maximum atomic E-state index is 12.2. The zero-order valence-electron chi connectivity index (χ0n) is 14.9. The monoisotopic (exact) mass is 360 g/mol. The summed E-state index contributed by atoms with van der Waals surface area (Å²) < 4.78 is 0. The Labute approximate surface area is 157 Å². The average molecular weight is 360 g/mol. The van der Waals surface area contributed by atoms with Crippen molar-refractivity contribution in [2.75, 3.05) is 10.6 Å². The van der Waals surface area contributed by atoms with Gasteiger partial charge in [-0.15, -0.1) is 0 Å². The fourth-order valence-electron chi connectivity index (χ4n) is 2.51. The molecule has 3 rings (SSSR count). The molecule has 0 saturated carbocycles. The van der Waals surface area contributed by atoms with Gasteiger partial charge in [0.2, 0.25) is 5.91 Å². The average Bonchev–Trinajstić information content (AvgIpc) is 2.67. The minimum Gasteiger partial charge on any atom is -0.348 e. The van der Waals surface area contributed by atoms with Crippen molar-refractivity contribution in [1.82, 2.24) is 10.3 Å². The molecule has 27 heavy (non-hydrogen) atoms. The molecule has 1 heterocycles. The zero-order chi connectivity index (χ0) is 19.1. The molecule has 0 aliphatic heterocycles. The van der Waals surface area contributed by atoms with Crippen molar-refractivity contribution in [2.24, 2.45) is 0 Å². The smallest absolute Gasteiger partial charge is 0.253 e. The number of anilines is 3. The van der Waals surface area contributed by atoms with Crippen LogP contribution in [0.3, 0.4) is 0 Å². The molecule has 0 saturated heterocycles. The van der Waals surface area contributed by atoms with Crippen molar-refractivity contribution < 1.29 is 9.59 Å². The Morgan fingerprint density at radius 3 is 2.41 bits per heavy atom. The molecule has 0 radical (unpaired) electrons. The Kier molecular flexibility index (Phi) is 5.79. The van der Waals surface area contributed by atoms with E-state index in [1.165, 1.54) is 13.1 Å². The number of hydrogen-bond acceptors (Lipinski definition) is 4. The minimum absolute atomic E-state index is 0.129. The predicted molar refractivity (Wildman–Crippen MR) is 106 cm³/mol. The first-order chi connectivity index (χ1) is 13.1. The highest BCUT2D eigenvalue weighted by Crippen LogP contribution is 2.19. The SMILES string of the molecule is CC(=O)Nc1cccc(Nc2ccc(C(=O)NCc3ccccc3)cn2)c1. The van der Waals surface area contributed by atoms with Crippen LogP contribution in [-0.2, 0) is 11.3 Å². The number of hydrogen-bond donors (Lipinski definition) is 3. The van der Waals surface area contributed by atoms with Crippen molar-refractivity contribution in [3.63, 3.8) is 0 Å². The van der Waals surface area contributed by atoms with E-state index < -0.39 is 0 Å². The Balaban J connectivity index is 1.60. The first kappa shape index (κ1) is 18.1. The van der Waals surface area contributed by atoms with Crippen LogP contribution >= 0.6 is 0 Å². The standard InChI is InChI=1S/C21H20N4O2/c1-15(26)24-18-8-5-9-19(12-18)25-20-11-10-17(14-22-20)21(27)23-13-16-6-3-2-4-7-16/h2-12,14H,13H2,1H3,(H,22,25)(H,23,27)(H,24,26). The summed E-state index contributed by atoms with van der Waals surface area (Å²) in [6.07, 6.45) is 1.53. The summed E-state index contributed by atoms with van der Waals surface area (Å²) in [5, 5.41) is 8.75. The molecule has 1 aromatic heterocycles. The minimum atomic E-state index is -0.175. The summed E-state index contributed by atoms with van der Waals surface area (Å²) in [6.45, 7) is 1.93. The van der Waals surface area contributed by atoms with E-state index in [1.54, 1.807) is 18.2 Å². The van der Waals surface area contributed by atoms with E-state index in [2.05, 4.69) is 20.9 Å². The van der Waals surface area contributed by atoms with Crippen molar-refractivity contribution in [1.29, 1.82) is 0 Å². The van der Waals surface area contributed by atoms with Crippen LogP contribution in [0.2, 0.25) is 0 Å². The van der Waals surface area contributed by atoms with Gasteiger partial charge in [0, 0.05) is 31.0 Å². The Hall–Kier alpha value is -3.67. The number of rotatable bonds is 6. The Morgan fingerprint density at radius 1 is 0.926 bits per heavy atom. The third kappa shape index (κ3) is 5.40. The molecule has 3 N–H and O–H groups in total. The molecule has 2 amide bonds. The summed E-state index contributed by atoms with van der Waals surface area (Å²) in [7, 11) is 0. The van der Waals surface area contributed by atoms with Gasteiger partial charge in [0.15, 0.2) is 0 Å². The summed E-state index contributed by atoms with van der Waals surface area (Å²) in [4.78, 5) is 27.7. The van der Waals surface area contributed by atoms with Crippen LogP contribution in [0.1, 0.15) is 22.8 Å². The topological polar surface area (TPSA) is 83.1 Å². The molecule has 0 spiro atoms. The van der Waals surface area contributed by atoms with Crippen LogP contribution in [-0.4, -0.2) is 16.8 Å². The van der Waals surface area contributed by atoms with Crippen LogP contribution in [0.5, 0.6) is 0 Å². The summed E-state index contributed by atoms with van der Waals surface area (Å²) in [5.41, 5.74) is 3.01. The van der Waals surface area contributed by atoms with Crippen molar-refractivity contribution in [3.8, 4) is 0 Å². The van der Waals surface area contributed by atoms with Crippen LogP contribution in [0, 0.1) is 0 Å². The van der Waals surface area contributed by atoms with E-state index in [-0.39, 0.29) is 11.8 Å². The predicted octanol–water partition coefficient (Wildman–Crippen LogP) is 3.71. The summed E-state index contributed by atoms with van der Waals surface area (Å²) >= 11 is 0. The number of nitrogens with one attached hydrogen (secondary N) is 3. The third-order valence-corrected chi connectivity index (χ3v) is 3.78. The van der Waals surface area contributed by atoms with Gasteiger partial charge >= 0.3 is 0 Å². The van der Waals surface area contributed by atoms with Crippen LogP contribution in [0.25, 0.3) is 0 Å². The lowest BCUT2D eigenvalue weighted by Crippen LogP contribution is -2.22. The van der Waals surface area contributed by atoms with Gasteiger partial charge in [0.1, 0.15) is 5.82 Å². The number of aromatic nitrogens is 1. The van der Waals surface area contributed by atoms with Gasteiger partial charge in [0.05, 0.1) is 5.56 Å². The quantitative estimate of drug-likeness (QED) is 0.626. The molecule has 0 aliphatic rings. The number of nitrogens with zero attached hydrogens (tertiary/aromatic N) is 1. The normalized spacial score (nSPS) is 10.1. The maximum Gasteiger partial charge on any atom is 0.253 e. The molecule has 3 aromatic rings. The lowest BCUT2D eigenvalue weighted by Gasteiger charge is -2.09. The van der Waals surface area contributed by atoms with E-state index in [1.807, 2.05) is 48.5 Å². The molecule has 0 fully saturated rings. The van der Waals surface area contributed by atoms with Crippen LogP contribution < -0.4 is 16.0 Å². The molecule has 6 nitrogen and oxygen atoms in total. The molecule has 0 unspecified atom stereocenters. The molecule has 0 bridgehead atoms. The number of carbonyl (C=O) groups is 2. The van der Waals surface area contributed by atoms with Gasteiger partial charge in [-0.1, -0.05) is 36.4 Å². The highest BCUT2D eigenvalue weighted by atomic mass is 16.2. The highest BCUT2D eigenvalue weighted by molar-refractivity contribution is 5.94. The van der Waals surface area contributed by atoms with Gasteiger partial charge in [-0.05, 0) is 35.9 Å². The van der Waals surface area contributed by atoms with Gasteiger partial charge < -0.3 is 16.0 Å². The first-order valence-corrected chi connectivity index (χ1v) is 8.53. The molecular weight excluding hydrogens is 340 g/mol. The molecule has 0 atom stereocenters. The second kappa shape index (κ2) is 8.62. The lowest BCUT2D eigenvalue weighted by atomic mass is 10.2. The van der Waals surface area contributed by atoms with E-state index in [4.69, 9.17) is 0 Å². The summed E-state index contributed by atoms with van der Waals surface area (Å²) in [6, 6.07) is 20.5. The van der Waals surface area contributed by atoms with Gasteiger partial charge in [-0.25, -0.2) is 4.98 Å². The number of pyridine rings is 1. The summed E-state index contributed by atoms with van der Waals surface area (Å²) in [5.74, 6) is 0.302. The van der Waals surface area contributed by atoms with E-state index in [9.17, 15) is 9.59 Å². The number of benzene rings is 2. The van der Waals surface area contributed by atoms with Gasteiger partial charge in [0.25, 0.3) is 5.91 Å². The van der Waals surface area contributed by atoms with E-state index in [0.29, 0.717) is 23.6 Å². The largest absolute Gasteiger partial charge is 0.348 e. The molecular formula is C21H20N4O2. The Morgan fingerprint density at radius 2 is 1.70 bits per heavy atom. The molecule has 2 aromatic carbocycles. The number of amides is 2. The highest BCUT2D eigenvalue weighted by Gasteiger charge is 2.06. The van der Waals surface area contributed by atoms with E-state index in [0.717, 1.165) is 11.3 Å². The van der Waals surface area contributed by atoms with Gasteiger partial charge in [-0.2, -0.15) is 0 Å². The second-order valence-electron chi connectivity index (χ2n) is 5.99. The fraction of sp³-hybridized carbons (Fsp3) is 0.0952.